The van der Waals surface area contributed by atoms with Crippen LogP contribution < -0.4 is 5.32 Å². The summed E-state index contributed by atoms with van der Waals surface area (Å²) in [5.74, 6) is 1.88. The smallest absolute Gasteiger partial charge is 0.238 e. The number of hydrogen-bond donors (Lipinski definition) is 1. The number of fused-ring (bicyclic) bond motifs is 1. The molecule has 0 aliphatic carbocycles. The number of nitrogens with zero attached hydrogens (tertiary/aromatic N) is 2. The van der Waals surface area contributed by atoms with E-state index in [0.29, 0.717) is 17.5 Å². The molecule has 5 heteroatoms. The van der Waals surface area contributed by atoms with Gasteiger partial charge in [0.15, 0.2) is 5.76 Å². The molecule has 2 heterocycles. The van der Waals surface area contributed by atoms with E-state index in [-0.39, 0.29) is 12.0 Å². The zero-order valence-electron chi connectivity index (χ0n) is 11.8. The minimum absolute atomic E-state index is 0.144. The predicted octanol–water partition coefficient (Wildman–Crippen LogP) is 3.19. The predicted molar refractivity (Wildman–Crippen MR) is 76.4 cm³/mol. The molecule has 104 valence electrons. The summed E-state index contributed by atoms with van der Waals surface area (Å²) in [6.07, 6.45) is 0. The zero-order chi connectivity index (χ0) is 14.1. The van der Waals surface area contributed by atoms with Gasteiger partial charge in [-0.2, -0.15) is 4.98 Å². The lowest BCUT2D eigenvalue weighted by Gasteiger charge is -2.14. The van der Waals surface area contributed by atoms with Crippen LogP contribution in [0.4, 0.5) is 0 Å². The molecular formula is C15H17N3O2. The van der Waals surface area contributed by atoms with Crippen molar-refractivity contribution in [3.8, 4) is 11.6 Å². The van der Waals surface area contributed by atoms with Crippen LogP contribution in [0.3, 0.4) is 0 Å². The lowest BCUT2D eigenvalue weighted by molar-refractivity contribution is 0.336. The first-order valence-corrected chi connectivity index (χ1v) is 6.69. The van der Waals surface area contributed by atoms with E-state index in [0.717, 1.165) is 11.0 Å². The van der Waals surface area contributed by atoms with Gasteiger partial charge >= 0.3 is 0 Å². The minimum Gasteiger partial charge on any atom is -0.453 e. The van der Waals surface area contributed by atoms with E-state index < -0.39 is 0 Å². The summed E-state index contributed by atoms with van der Waals surface area (Å²) in [4.78, 5) is 4.43. The molecular weight excluding hydrogens is 254 g/mol. The first-order chi connectivity index (χ1) is 9.69. The Morgan fingerprint density at radius 1 is 1.20 bits per heavy atom. The maximum atomic E-state index is 5.73. The van der Waals surface area contributed by atoms with Crippen molar-refractivity contribution in [3.63, 3.8) is 0 Å². The highest BCUT2D eigenvalue weighted by Crippen LogP contribution is 2.27. The fourth-order valence-electron chi connectivity index (χ4n) is 2.08. The molecule has 3 rings (SSSR count). The molecule has 0 bridgehead atoms. The second-order valence-corrected chi connectivity index (χ2v) is 4.97. The molecule has 0 saturated carbocycles. The van der Waals surface area contributed by atoms with Crippen LogP contribution in [0, 0.1) is 0 Å². The van der Waals surface area contributed by atoms with Crippen LogP contribution >= 0.6 is 0 Å². The van der Waals surface area contributed by atoms with Gasteiger partial charge < -0.3 is 14.3 Å². The van der Waals surface area contributed by atoms with Crippen LogP contribution in [0.1, 0.15) is 25.7 Å². The first kappa shape index (κ1) is 12.9. The summed E-state index contributed by atoms with van der Waals surface area (Å²) < 4.78 is 11.1. The van der Waals surface area contributed by atoms with Gasteiger partial charge in [0.25, 0.3) is 0 Å². The van der Waals surface area contributed by atoms with Crippen molar-refractivity contribution in [2.45, 2.75) is 25.8 Å². The van der Waals surface area contributed by atoms with Crippen molar-refractivity contribution in [1.82, 2.24) is 15.5 Å². The monoisotopic (exact) mass is 271 g/mol. The Hall–Kier alpha value is -2.14. The molecule has 0 spiro atoms. The van der Waals surface area contributed by atoms with Crippen molar-refractivity contribution in [3.05, 3.63) is 36.2 Å². The second-order valence-electron chi connectivity index (χ2n) is 4.97. The topological polar surface area (TPSA) is 64.1 Å². The first-order valence-electron chi connectivity index (χ1n) is 6.69. The summed E-state index contributed by atoms with van der Waals surface area (Å²) in [5.41, 5.74) is 0.825. The van der Waals surface area contributed by atoms with Gasteiger partial charge in [-0.3, -0.25) is 0 Å². The summed E-state index contributed by atoms with van der Waals surface area (Å²) in [6.45, 7) is 4.13. The Kier molecular flexibility index (Phi) is 3.28. The van der Waals surface area contributed by atoms with Crippen molar-refractivity contribution >= 4 is 11.0 Å². The number of rotatable bonds is 4. The summed E-state index contributed by atoms with van der Waals surface area (Å²) in [7, 11) is 1.91. The van der Waals surface area contributed by atoms with Crippen LogP contribution in [0.15, 0.2) is 39.3 Å². The molecule has 2 unspecified atom stereocenters. The van der Waals surface area contributed by atoms with Crippen molar-refractivity contribution in [1.29, 1.82) is 0 Å². The number of nitrogens with one attached hydrogen (secondary N) is 1. The largest absolute Gasteiger partial charge is 0.453 e. The SMILES string of the molecule is CNC(C)C(C)c1nc(-c2cc3ccccc3o2)no1. The second kappa shape index (κ2) is 5.09. The van der Waals surface area contributed by atoms with Gasteiger partial charge in [0.2, 0.25) is 11.7 Å². The maximum Gasteiger partial charge on any atom is 0.238 e. The summed E-state index contributed by atoms with van der Waals surface area (Å²) in [6, 6.07) is 10.0. The molecule has 20 heavy (non-hydrogen) atoms. The molecule has 0 fully saturated rings. The van der Waals surface area contributed by atoms with Gasteiger partial charge in [-0.25, -0.2) is 0 Å². The Balaban J connectivity index is 1.93. The third-order valence-electron chi connectivity index (χ3n) is 3.68. The van der Waals surface area contributed by atoms with Gasteiger partial charge in [0.05, 0.1) is 5.92 Å². The molecule has 0 aliphatic rings. The summed E-state index contributed by atoms with van der Waals surface area (Å²) >= 11 is 0. The van der Waals surface area contributed by atoms with Crippen LogP contribution in [0.25, 0.3) is 22.6 Å². The molecule has 1 N–H and O–H groups in total. The van der Waals surface area contributed by atoms with Crippen LogP contribution in [0.2, 0.25) is 0 Å². The van der Waals surface area contributed by atoms with Crippen LogP contribution in [-0.4, -0.2) is 23.2 Å². The highest BCUT2D eigenvalue weighted by Gasteiger charge is 2.21. The number of hydrogen-bond acceptors (Lipinski definition) is 5. The van der Waals surface area contributed by atoms with E-state index in [1.807, 2.05) is 37.4 Å². The Bertz CT molecular complexity index is 684. The van der Waals surface area contributed by atoms with Crippen molar-refractivity contribution in [2.75, 3.05) is 7.05 Å². The number of benzene rings is 1. The quantitative estimate of drug-likeness (QED) is 0.789. The molecule has 1 aromatic carbocycles. The van der Waals surface area contributed by atoms with Crippen LogP contribution in [-0.2, 0) is 0 Å². The van der Waals surface area contributed by atoms with E-state index in [2.05, 4.69) is 29.3 Å². The van der Waals surface area contributed by atoms with Crippen molar-refractivity contribution in [2.24, 2.45) is 0 Å². The van der Waals surface area contributed by atoms with E-state index in [4.69, 9.17) is 8.94 Å². The number of likely N-dealkylation sites (N-methyl/N-ethyl adjacent to an activating group) is 1. The summed E-state index contributed by atoms with van der Waals surface area (Å²) in [5, 5.41) is 8.23. The lowest BCUT2D eigenvalue weighted by atomic mass is 10.0. The number of aromatic nitrogens is 2. The van der Waals surface area contributed by atoms with E-state index in [1.54, 1.807) is 0 Å². The normalized spacial score (nSPS) is 14.6. The lowest BCUT2D eigenvalue weighted by Crippen LogP contribution is -2.27. The van der Waals surface area contributed by atoms with Gasteiger partial charge in [-0.1, -0.05) is 30.3 Å². The highest BCUT2D eigenvalue weighted by atomic mass is 16.5. The van der Waals surface area contributed by atoms with E-state index in [1.165, 1.54) is 0 Å². The van der Waals surface area contributed by atoms with Gasteiger partial charge in [-0.15, -0.1) is 0 Å². The third kappa shape index (κ3) is 2.20. The van der Waals surface area contributed by atoms with Crippen molar-refractivity contribution < 1.29 is 8.94 Å². The van der Waals surface area contributed by atoms with E-state index >= 15 is 0 Å². The average molecular weight is 271 g/mol. The number of furan rings is 1. The standard InChI is InChI=1S/C15H17N3O2/c1-9(10(2)16-3)15-17-14(18-20-15)13-8-11-6-4-5-7-12(11)19-13/h4-10,16H,1-3H3. The molecule has 3 aromatic rings. The highest BCUT2D eigenvalue weighted by molar-refractivity contribution is 5.81. The van der Waals surface area contributed by atoms with Crippen LogP contribution in [0.5, 0.6) is 0 Å². The fraction of sp³-hybridized carbons (Fsp3) is 0.333. The fourth-order valence-corrected chi connectivity index (χ4v) is 2.08. The third-order valence-corrected chi connectivity index (χ3v) is 3.68. The Labute approximate surface area is 117 Å². The average Bonchev–Trinajstić information content (AvgIpc) is 3.11. The minimum atomic E-state index is 0.144. The Morgan fingerprint density at radius 3 is 2.75 bits per heavy atom. The molecule has 2 aromatic heterocycles. The van der Waals surface area contributed by atoms with Gasteiger partial charge in [0.1, 0.15) is 5.58 Å². The molecule has 5 nitrogen and oxygen atoms in total. The van der Waals surface area contributed by atoms with Gasteiger partial charge in [-0.05, 0) is 26.1 Å². The van der Waals surface area contributed by atoms with E-state index in [9.17, 15) is 0 Å². The maximum absolute atomic E-state index is 5.73. The Morgan fingerprint density at radius 2 is 2.00 bits per heavy atom. The molecule has 0 saturated heterocycles. The molecule has 2 atom stereocenters. The molecule has 0 aliphatic heterocycles. The zero-order valence-corrected chi connectivity index (χ0v) is 11.8. The molecule has 0 amide bonds. The van der Waals surface area contributed by atoms with Gasteiger partial charge in [0, 0.05) is 11.4 Å². The number of para-hydroxylation sites is 1. The molecule has 0 radical (unpaired) electrons.